The molecule has 2 heterocycles. The van der Waals surface area contributed by atoms with Crippen molar-refractivity contribution in [3.05, 3.63) is 77.1 Å². The van der Waals surface area contributed by atoms with Gasteiger partial charge < -0.3 is 29.1 Å². The van der Waals surface area contributed by atoms with Crippen LogP contribution in [0.25, 0.3) is 11.0 Å². The van der Waals surface area contributed by atoms with Crippen LogP contribution in [0.2, 0.25) is 0 Å². The fourth-order valence-electron chi connectivity index (χ4n) is 3.65. The molecule has 0 bridgehead atoms. The van der Waals surface area contributed by atoms with Crippen molar-refractivity contribution in [3.8, 4) is 17.2 Å². The average Bonchev–Trinajstić information content (AvgIpc) is 2.90. The molecule has 36 heavy (non-hydrogen) atoms. The maximum absolute atomic E-state index is 13.5. The molecule has 9 nitrogen and oxygen atoms in total. The van der Waals surface area contributed by atoms with Crippen molar-refractivity contribution in [2.24, 2.45) is 4.99 Å². The highest BCUT2D eigenvalue weighted by Gasteiger charge is 2.18. The van der Waals surface area contributed by atoms with Crippen LogP contribution in [-0.4, -0.2) is 36.8 Å². The highest BCUT2D eigenvalue weighted by molar-refractivity contribution is 6.06. The lowest BCUT2D eigenvalue weighted by molar-refractivity contribution is 0.102. The molecule has 1 amide bonds. The minimum atomic E-state index is -0.466. The highest BCUT2D eigenvalue weighted by atomic mass is 16.5. The van der Waals surface area contributed by atoms with Crippen LogP contribution in [0.1, 0.15) is 28.5 Å². The largest absolute Gasteiger partial charge is 0.497 e. The van der Waals surface area contributed by atoms with Crippen molar-refractivity contribution in [3.63, 3.8) is 0 Å². The molecule has 0 fully saturated rings. The van der Waals surface area contributed by atoms with Crippen LogP contribution in [-0.2, 0) is 6.61 Å². The summed E-state index contributed by atoms with van der Waals surface area (Å²) in [6, 6.07) is 13.9. The lowest BCUT2D eigenvalue weighted by Crippen LogP contribution is -2.22. The Labute approximate surface area is 208 Å². The Morgan fingerprint density at radius 3 is 2.50 bits per heavy atom. The van der Waals surface area contributed by atoms with E-state index < -0.39 is 5.91 Å². The van der Waals surface area contributed by atoms with Crippen molar-refractivity contribution in [1.82, 2.24) is 4.98 Å². The summed E-state index contributed by atoms with van der Waals surface area (Å²) < 4.78 is 22.3. The molecule has 0 atom stereocenters. The summed E-state index contributed by atoms with van der Waals surface area (Å²) in [5, 5.41) is 13.3. The summed E-state index contributed by atoms with van der Waals surface area (Å²) in [5.41, 5.74) is 2.86. The van der Waals surface area contributed by atoms with Crippen LogP contribution in [0.15, 0.2) is 64.1 Å². The number of carbonyl (C=O) groups excluding carboxylic acids is 1. The third-order valence-electron chi connectivity index (χ3n) is 5.50. The monoisotopic (exact) mass is 489 g/mol. The molecule has 0 aliphatic rings. The number of ether oxygens (including phenoxy) is 3. The molecule has 0 unspecified atom stereocenters. The van der Waals surface area contributed by atoms with Gasteiger partial charge in [-0.3, -0.25) is 9.78 Å². The van der Waals surface area contributed by atoms with Crippen LogP contribution >= 0.6 is 0 Å². The Kier molecular flexibility index (Phi) is 7.50. The number of hydrogen-bond donors (Lipinski definition) is 2. The van der Waals surface area contributed by atoms with Gasteiger partial charge in [0.05, 0.1) is 44.5 Å². The predicted molar refractivity (Wildman–Crippen MR) is 135 cm³/mol. The molecule has 4 aromatic rings. The van der Waals surface area contributed by atoms with E-state index in [-0.39, 0.29) is 17.7 Å². The first-order valence-corrected chi connectivity index (χ1v) is 11.3. The number of fused-ring (bicyclic) bond motifs is 1. The number of benzene rings is 2. The zero-order valence-corrected chi connectivity index (χ0v) is 20.5. The molecule has 186 valence electrons. The standard InChI is InChI=1S/C27H27N3O6/c1-5-35-19-8-6-18(7-9-19)29-27-22(13-21-17(15-31)14-28-16(2)25(21)36-27)26(32)30-23-11-10-20(33-3)12-24(23)34-4/h6-14,31H,5,15H2,1-4H3,(H,30,32). The van der Waals surface area contributed by atoms with Crippen molar-refractivity contribution in [2.45, 2.75) is 20.5 Å². The first-order chi connectivity index (χ1) is 17.5. The second-order valence-electron chi connectivity index (χ2n) is 7.79. The van der Waals surface area contributed by atoms with Gasteiger partial charge in [-0.05, 0) is 56.3 Å². The van der Waals surface area contributed by atoms with Gasteiger partial charge in [-0.2, -0.15) is 0 Å². The topological polar surface area (TPSA) is 115 Å². The van der Waals surface area contributed by atoms with Crippen LogP contribution in [0.3, 0.4) is 0 Å². The van der Waals surface area contributed by atoms with E-state index in [1.807, 2.05) is 6.92 Å². The fourth-order valence-corrected chi connectivity index (χ4v) is 3.65. The molecule has 4 rings (SSSR count). The molecule has 2 N–H and O–H groups in total. The van der Waals surface area contributed by atoms with E-state index in [0.29, 0.717) is 57.5 Å². The first kappa shape index (κ1) is 24.7. The highest BCUT2D eigenvalue weighted by Crippen LogP contribution is 2.30. The lowest BCUT2D eigenvalue weighted by atomic mass is 10.1. The molecule has 2 aromatic carbocycles. The average molecular weight is 490 g/mol. The van der Waals surface area contributed by atoms with Gasteiger partial charge in [0.1, 0.15) is 22.8 Å². The zero-order valence-electron chi connectivity index (χ0n) is 20.5. The number of carbonyl (C=O) groups is 1. The molecular weight excluding hydrogens is 462 g/mol. The number of aromatic nitrogens is 1. The summed E-state index contributed by atoms with van der Waals surface area (Å²) in [7, 11) is 3.06. The van der Waals surface area contributed by atoms with Crippen LogP contribution in [0, 0.1) is 6.92 Å². The Morgan fingerprint density at radius 2 is 1.83 bits per heavy atom. The number of aryl methyl sites for hydroxylation is 1. The van der Waals surface area contributed by atoms with Gasteiger partial charge in [-0.25, -0.2) is 4.99 Å². The quantitative estimate of drug-likeness (QED) is 0.374. The van der Waals surface area contributed by atoms with Gasteiger partial charge in [0.2, 0.25) is 5.55 Å². The summed E-state index contributed by atoms with van der Waals surface area (Å²) in [6.07, 6.45) is 1.56. The SMILES string of the molecule is CCOc1ccc(N=c2oc3c(C)ncc(CO)c3cc2C(=O)Nc2ccc(OC)cc2OC)cc1. The van der Waals surface area contributed by atoms with Crippen molar-refractivity contribution in [2.75, 3.05) is 26.1 Å². The van der Waals surface area contributed by atoms with Crippen LogP contribution in [0.5, 0.6) is 17.2 Å². The molecule has 2 aromatic heterocycles. The number of nitrogens with one attached hydrogen (secondary N) is 1. The van der Waals surface area contributed by atoms with Gasteiger partial charge >= 0.3 is 0 Å². The fraction of sp³-hybridized carbons (Fsp3) is 0.222. The molecule has 9 heteroatoms. The Hall–Kier alpha value is -4.37. The number of hydrogen-bond acceptors (Lipinski definition) is 8. The Balaban J connectivity index is 1.86. The molecule has 0 aliphatic carbocycles. The predicted octanol–water partition coefficient (Wildman–Crippen LogP) is 4.53. The molecule has 0 saturated heterocycles. The minimum Gasteiger partial charge on any atom is -0.497 e. The maximum Gasteiger partial charge on any atom is 0.261 e. The number of pyridine rings is 1. The summed E-state index contributed by atoms with van der Waals surface area (Å²) in [6.45, 7) is 3.98. The number of nitrogens with zero attached hydrogens (tertiary/aromatic N) is 2. The van der Waals surface area contributed by atoms with E-state index in [0.717, 1.165) is 0 Å². The second kappa shape index (κ2) is 10.9. The van der Waals surface area contributed by atoms with Gasteiger partial charge in [0.15, 0.2) is 5.58 Å². The molecule has 0 radical (unpaired) electrons. The van der Waals surface area contributed by atoms with Crippen molar-refractivity contribution >= 4 is 28.3 Å². The van der Waals surface area contributed by atoms with E-state index in [2.05, 4.69) is 15.3 Å². The first-order valence-electron chi connectivity index (χ1n) is 11.3. The van der Waals surface area contributed by atoms with E-state index in [4.69, 9.17) is 18.6 Å². The number of aliphatic hydroxyl groups excluding tert-OH is 1. The van der Waals surface area contributed by atoms with Gasteiger partial charge in [-0.15, -0.1) is 0 Å². The normalized spacial score (nSPS) is 11.4. The third-order valence-corrected chi connectivity index (χ3v) is 5.50. The number of methoxy groups -OCH3 is 2. The van der Waals surface area contributed by atoms with Crippen molar-refractivity contribution < 1.29 is 28.5 Å². The minimum absolute atomic E-state index is 0.0941. The number of anilines is 1. The Morgan fingerprint density at radius 1 is 1.08 bits per heavy atom. The van der Waals surface area contributed by atoms with Crippen LogP contribution in [0.4, 0.5) is 11.4 Å². The van der Waals surface area contributed by atoms with Crippen molar-refractivity contribution in [1.29, 1.82) is 0 Å². The summed E-state index contributed by atoms with van der Waals surface area (Å²) >= 11 is 0. The van der Waals surface area contributed by atoms with Gasteiger partial charge in [-0.1, -0.05) is 0 Å². The van der Waals surface area contributed by atoms with E-state index >= 15 is 0 Å². The number of amides is 1. The molecule has 0 aliphatic heterocycles. The number of rotatable bonds is 8. The van der Waals surface area contributed by atoms with E-state index in [1.54, 1.807) is 68.8 Å². The maximum atomic E-state index is 13.5. The van der Waals surface area contributed by atoms with E-state index in [1.165, 1.54) is 7.11 Å². The van der Waals surface area contributed by atoms with E-state index in [9.17, 15) is 9.90 Å². The van der Waals surface area contributed by atoms with Crippen LogP contribution < -0.4 is 25.1 Å². The van der Waals surface area contributed by atoms with Gasteiger partial charge in [0, 0.05) is 23.2 Å². The lowest BCUT2D eigenvalue weighted by Gasteiger charge is -2.13. The Bertz CT molecular complexity index is 1460. The zero-order chi connectivity index (χ0) is 25.7. The second-order valence-corrected chi connectivity index (χ2v) is 7.79. The molecule has 0 saturated carbocycles. The summed E-state index contributed by atoms with van der Waals surface area (Å²) in [5.74, 6) is 1.27. The molecule has 0 spiro atoms. The third kappa shape index (κ3) is 5.16. The molecular formula is C27H27N3O6. The number of aliphatic hydroxyl groups is 1. The smallest absolute Gasteiger partial charge is 0.261 e. The summed E-state index contributed by atoms with van der Waals surface area (Å²) in [4.78, 5) is 22.4. The van der Waals surface area contributed by atoms with Gasteiger partial charge in [0.25, 0.3) is 5.91 Å².